The number of para-hydroxylation sites is 1. The molecule has 120 valence electrons. The van der Waals surface area contributed by atoms with E-state index in [2.05, 4.69) is 9.71 Å². The van der Waals surface area contributed by atoms with Crippen LogP contribution in [0.4, 0.5) is 20.2 Å². The zero-order valence-electron chi connectivity index (χ0n) is 12.1. The highest BCUT2D eigenvalue weighted by Crippen LogP contribution is 2.27. The van der Waals surface area contributed by atoms with E-state index in [1.165, 1.54) is 12.1 Å². The summed E-state index contributed by atoms with van der Waals surface area (Å²) in [7, 11) is -2.14. The quantitative estimate of drug-likeness (QED) is 0.935. The predicted molar refractivity (Wildman–Crippen MR) is 84.3 cm³/mol. The maximum absolute atomic E-state index is 13.3. The molecule has 1 N–H and O–H groups in total. The number of rotatable bonds is 3. The summed E-state index contributed by atoms with van der Waals surface area (Å²) in [6.45, 7) is 0.0959. The van der Waals surface area contributed by atoms with Crippen molar-refractivity contribution in [1.29, 1.82) is 0 Å². The Balaban J connectivity index is 1.86. The number of hydrogen-bond acceptors (Lipinski definition) is 4. The van der Waals surface area contributed by atoms with Crippen LogP contribution in [0.1, 0.15) is 0 Å². The van der Waals surface area contributed by atoms with Crippen molar-refractivity contribution in [3.8, 4) is 0 Å². The van der Waals surface area contributed by atoms with Crippen molar-refractivity contribution in [2.75, 3.05) is 23.8 Å². The second-order valence-corrected chi connectivity index (χ2v) is 6.66. The van der Waals surface area contributed by atoms with E-state index in [1.54, 1.807) is 30.1 Å². The molecule has 1 aliphatic heterocycles. The zero-order valence-corrected chi connectivity index (χ0v) is 12.9. The number of nitrogens with one attached hydrogen (secondary N) is 1. The number of nitrogens with zero attached hydrogens (tertiary/aromatic N) is 2. The van der Waals surface area contributed by atoms with E-state index >= 15 is 0 Å². The highest BCUT2D eigenvalue weighted by molar-refractivity contribution is 7.90. The smallest absolute Gasteiger partial charge is 0.286 e. The Kier molecular flexibility index (Phi) is 3.77. The lowest BCUT2D eigenvalue weighted by atomic mass is 10.2. The maximum Gasteiger partial charge on any atom is 0.286 e. The van der Waals surface area contributed by atoms with E-state index in [1.807, 2.05) is 0 Å². The molecule has 0 unspecified atom stereocenters. The van der Waals surface area contributed by atoms with Crippen LogP contribution >= 0.6 is 0 Å². The van der Waals surface area contributed by atoms with Gasteiger partial charge in [-0.1, -0.05) is 12.1 Å². The third-order valence-corrected chi connectivity index (χ3v) is 4.78. The van der Waals surface area contributed by atoms with Gasteiger partial charge in [0.2, 0.25) is 0 Å². The topological polar surface area (TPSA) is 61.8 Å². The molecule has 0 radical (unpaired) electrons. The van der Waals surface area contributed by atoms with Crippen LogP contribution in [0.3, 0.4) is 0 Å². The van der Waals surface area contributed by atoms with Gasteiger partial charge in [0.25, 0.3) is 10.0 Å². The number of sulfonamides is 1. The summed E-state index contributed by atoms with van der Waals surface area (Å²) in [5.41, 5.74) is 0.848. The van der Waals surface area contributed by atoms with Crippen LogP contribution in [0.15, 0.2) is 51.8 Å². The Morgan fingerprint density at radius 2 is 1.87 bits per heavy atom. The van der Waals surface area contributed by atoms with E-state index in [9.17, 15) is 17.2 Å². The van der Waals surface area contributed by atoms with Crippen LogP contribution in [0.2, 0.25) is 0 Å². The van der Waals surface area contributed by atoms with Gasteiger partial charge in [-0.05, 0) is 24.3 Å². The first-order chi connectivity index (χ1) is 10.9. The normalized spacial score (nSPS) is 15.3. The van der Waals surface area contributed by atoms with Gasteiger partial charge in [-0.2, -0.15) is 8.42 Å². The minimum atomic E-state index is -3.77. The largest absolute Gasteiger partial charge is 0.367 e. The Hall–Kier alpha value is -2.48. The number of likely N-dealkylation sites (N-methyl/N-ethyl adjacent to an activating group) is 1. The summed E-state index contributed by atoms with van der Waals surface area (Å²) in [6, 6.07) is 9.90. The van der Waals surface area contributed by atoms with Gasteiger partial charge in [-0.25, -0.2) is 8.78 Å². The summed E-state index contributed by atoms with van der Waals surface area (Å²) in [4.78, 5) is 1.68. The fourth-order valence-corrected chi connectivity index (χ4v) is 3.41. The molecule has 2 aromatic carbocycles. The van der Waals surface area contributed by atoms with Crippen LogP contribution in [-0.2, 0) is 10.0 Å². The minimum Gasteiger partial charge on any atom is -0.367 e. The second-order valence-electron chi connectivity index (χ2n) is 5.09. The van der Waals surface area contributed by atoms with Crippen LogP contribution < -0.4 is 10.2 Å². The lowest BCUT2D eigenvalue weighted by Crippen LogP contribution is -2.33. The molecule has 23 heavy (non-hydrogen) atoms. The average Bonchev–Trinajstić information content (AvgIpc) is 2.49. The lowest BCUT2D eigenvalue weighted by molar-refractivity contribution is 0.508. The average molecular weight is 337 g/mol. The number of fused-ring (bicyclic) bond motifs is 1. The predicted octanol–water partition coefficient (Wildman–Crippen LogP) is 2.61. The number of benzene rings is 2. The SMILES string of the molecule is CN(CC1=NS(=O)(=O)c2ccccc2N1)c1ccc(F)c(F)c1. The molecule has 0 aliphatic carbocycles. The van der Waals surface area contributed by atoms with Gasteiger partial charge in [0.05, 0.1) is 12.2 Å². The van der Waals surface area contributed by atoms with Crippen molar-refractivity contribution in [3.05, 3.63) is 54.1 Å². The summed E-state index contributed by atoms with van der Waals surface area (Å²) in [6.07, 6.45) is 0. The fraction of sp³-hybridized carbons (Fsp3) is 0.133. The van der Waals surface area contributed by atoms with Gasteiger partial charge in [0, 0.05) is 18.8 Å². The third kappa shape index (κ3) is 3.02. The van der Waals surface area contributed by atoms with Crippen molar-refractivity contribution in [2.24, 2.45) is 4.40 Å². The molecule has 0 amide bonds. The van der Waals surface area contributed by atoms with Crippen LogP contribution in [-0.4, -0.2) is 27.8 Å². The van der Waals surface area contributed by atoms with Gasteiger partial charge < -0.3 is 10.2 Å². The highest BCUT2D eigenvalue weighted by Gasteiger charge is 2.24. The Bertz CT molecular complexity index is 897. The summed E-state index contributed by atoms with van der Waals surface area (Å²) >= 11 is 0. The van der Waals surface area contributed by atoms with Crippen molar-refractivity contribution < 1.29 is 17.2 Å². The molecule has 0 atom stereocenters. The third-order valence-electron chi connectivity index (χ3n) is 3.41. The van der Waals surface area contributed by atoms with Gasteiger partial charge in [-0.15, -0.1) is 4.40 Å². The molecule has 0 saturated heterocycles. The molecule has 0 aromatic heterocycles. The first kappa shape index (κ1) is 15.4. The molecule has 2 aromatic rings. The lowest BCUT2D eigenvalue weighted by Gasteiger charge is -2.24. The molecule has 0 spiro atoms. The summed E-state index contributed by atoms with van der Waals surface area (Å²) in [5.74, 6) is -1.70. The Morgan fingerprint density at radius 3 is 2.61 bits per heavy atom. The molecule has 0 saturated carbocycles. The second kappa shape index (κ2) is 5.62. The number of hydrogen-bond donors (Lipinski definition) is 1. The summed E-state index contributed by atoms with van der Waals surface area (Å²) < 4.78 is 54.3. The van der Waals surface area contributed by atoms with Crippen molar-refractivity contribution in [2.45, 2.75) is 4.90 Å². The van der Waals surface area contributed by atoms with Crippen LogP contribution in [0, 0.1) is 11.6 Å². The van der Waals surface area contributed by atoms with E-state index in [0.717, 1.165) is 12.1 Å². The van der Waals surface area contributed by atoms with E-state index in [0.29, 0.717) is 11.4 Å². The Morgan fingerprint density at radius 1 is 1.13 bits per heavy atom. The number of amidine groups is 1. The van der Waals surface area contributed by atoms with Gasteiger partial charge in [0.1, 0.15) is 10.7 Å². The minimum absolute atomic E-state index is 0.0959. The Labute approximate surface area is 132 Å². The molecule has 0 fully saturated rings. The van der Waals surface area contributed by atoms with E-state index < -0.39 is 21.7 Å². The molecule has 3 rings (SSSR count). The standard InChI is InChI=1S/C15H13F2N3O2S/c1-20(10-6-7-11(16)12(17)8-10)9-15-18-13-4-2-3-5-14(13)23(21,22)19-15/h2-8H,9H2,1H3,(H,18,19). The molecular formula is C15H13F2N3O2S. The fourth-order valence-electron chi connectivity index (χ4n) is 2.27. The molecule has 5 nitrogen and oxygen atoms in total. The van der Waals surface area contributed by atoms with Crippen molar-refractivity contribution in [3.63, 3.8) is 0 Å². The molecule has 0 bridgehead atoms. The maximum atomic E-state index is 13.3. The molecule has 8 heteroatoms. The molecule has 1 heterocycles. The first-order valence-corrected chi connectivity index (χ1v) is 8.17. The van der Waals surface area contributed by atoms with Crippen molar-refractivity contribution >= 4 is 27.2 Å². The van der Waals surface area contributed by atoms with E-state index in [4.69, 9.17) is 0 Å². The van der Waals surface area contributed by atoms with Crippen LogP contribution in [0.25, 0.3) is 0 Å². The van der Waals surface area contributed by atoms with Crippen molar-refractivity contribution in [1.82, 2.24) is 0 Å². The van der Waals surface area contributed by atoms with E-state index in [-0.39, 0.29) is 17.3 Å². The number of anilines is 2. The highest BCUT2D eigenvalue weighted by atomic mass is 32.2. The monoisotopic (exact) mass is 337 g/mol. The first-order valence-electron chi connectivity index (χ1n) is 6.73. The van der Waals surface area contributed by atoms with Gasteiger partial charge in [-0.3, -0.25) is 0 Å². The van der Waals surface area contributed by atoms with Gasteiger partial charge >= 0.3 is 0 Å². The van der Waals surface area contributed by atoms with Crippen LogP contribution in [0.5, 0.6) is 0 Å². The zero-order chi connectivity index (χ0) is 16.6. The molecular weight excluding hydrogens is 324 g/mol. The molecule has 1 aliphatic rings. The van der Waals surface area contributed by atoms with Gasteiger partial charge in [0.15, 0.2) is 11.6 Å². The summed E-state index contributed by atoms with van der Waals surface area (Å²) in [5, 5.41) is 2.94. The number of halogens is 2.